The van der Waals surface area contributed by atoms with Crippen molar-refractivity contribution in [2.24, 2.45) is 5.73 Å². The molecular formula is C29H35F2N7O2. The van der Waals surface area contributed by atoms with E-state index in [1.165, 1.54) is 6.07 Å². The zero-order valence-corrected chi connectivity index (χ0v) is 22.7. The number of ether oxygens (including phenoxy) is 2. The van der Waals surface area contributed by atoms with Gasteiger partial charge in [-0.2, -0.15) is 18.4 Å². The molecule has 212 valence electrons. The van der Waals surface area contributed by atoms with E-state index in [2.05, 4.69) is 25.8 Å². The summed E-state index contributed by atoms with van der Waals surface area (Å²) in [5, 5.41) is 15.1. The van der Waals surface area contributed by atoms with Crippen molar-refractivity contribution < 1.29 is 18.3 Å². The van der Waals surface area contributed by atoms with E-state index < -0.39 is 6.61 Å². The molecule has 2 heterocycles. The average Bonchev–Trinajstić information content (AvgIpc) is 3.34. The lowest BCUT2D eigenvalue weighted by Crippen LogP contribution is -2.33. The first-order chi connectivity index (χ1) is 19.4. The van der Waals surface area contributed by atoms with Crippen LogP contribution < -0.4 is 31.2 Å². The normalized spacial score (nSPS) is 17.1. The van der Waals surface area contributed by atoms with E-state index in [1.54, 1.807) is 22.8 Å². The first kappa shape index (κ1) is 27.4. The molecule has 5 N–H and O–H groups in total. The lowest BCUT2D eigenvalue weighted by molar-refractivity contribution is -0.0498. The first-order valence-corrected chi connectivity index (χ1v) is 13.6. The fraction of sp³-hybridized carbons (Fsp3) is 0.379. The number of alkyl halides is 2. The van der Waals surface area contributed by atoms with Crippen molar-refractivity contribution in [1.29, 1.82) is 0 Å². The van der Waals surface area contributed by atoms with Gasteiger partial charge >= 0.3 is 6.61 Å². The summed E-state index contributed by atoms with van der Waals surface area (Å²) in [6, 6.07) is 14.9. The van der Waals surface area contributed by atoms with Gasteiger partial charge in [-0.3, -0.25) is 0 Å². The van der Waals surface area contributed by atoms with Crippen LogP contribution in [0.15, 0.2) is 54.7 Å². The highest BCUT2D eigenvalue weighted by atomic mass is 19.3. The summed E-state index contributed by atoms with van der Waals surface area (Å²) in [6.45, 7) is 2.08. The number of nitrogens with two attached hydrogens (primary N) is 1. The highest BCUT2D eigenvalue weighted by Gasteiger charge is 2.22. The molecule has 1 fully saturated rings. The number of aromatic nitrogens is 3. The molecule has 40 heavy (non-hydrogen) atoms. The molecule has 1 aliphatic rings. The Labute approximate surface area is 232 Å². The number of nitrogens with one attached hydrogen (secondary N) is 3. The topological polar surface area (TPSA) is 111 Å². The molecule has 0 aliphatic heterocycles. The molecule has 0 atom stereocenters. The van der Waals surface area contributed by atoms with Gasteiger partial charge in [-0.05, 0) is 81.5 Å². The Morgan fingerprint density at radius 1 is 1.07 bits per heavy atom. The van der Waals surface area contributed by atoms with Crippen molar-refractivity contribution in [2.75, 3.05) is 22.6 Å². The molecule has 0 spiro atoms. The van der Waals surface area contributed by atoms with Crippen molar-refractivity contribution in [2.45, 2.75) is 64.8 Å². The molecule has 2 aromatic heterocycles. The minimum absolute atomic E-state index is 0.114. The van der Waals surface area contributed by atoms with E-state index in [0.29, 0.717) is 24.5 Å². The Kier molecular flexibility index (Phi) is 8.49. The maximum atomic E-state index is 12.7. The molecule has 0 radical (unpaired) electrons. The number of hydrogen-bond acceptors (Lipinski definition) is 8. The van der Waals surface area contributed by atoms with E-state index in [-0.39, 0.29) is 17.8 Å². The van der Waals surface area contributed by atoms with Crippen LogP contribution in [0.3, 0.4) is 0 Å². The molecule has 0 amide bonds. The van der Waals surface area contributed by atoms with Gasteiger partial charge in [0.1, 0.15) is 28.8 Å². The number of halogens is 2. The molecule has 2 aromatic carbocycles. The number of rotatable bonds is 11. The Morgan fingerprint density at radius 3 is 2.58 bits per heavy atom. The number of anilines is 4. The van der Waals surface area contributed by atoms with Gasteiger partial charge in [-0.15, -0.1) is 0 Å². The van der Waals surface area contributed by atoms with Crippen molar-refractivity contribution in [3.63, 3.8) is 0 Å². The van der Waals surface area contributed by atoms with Crippen LogP contribution in [-0.2, 0) is 6.54 Å². The summed E-state index contributed by atoms with van der Waals surface area (Å²) >= 11 is 0. The maximum Gasteiger partial charge on any atom is 0.387 e. The smallest absolute Gasteiger partial charge is 0.387 e. The molecule has 0 bridgehead atoms. The third-order valence-corrected chi connectivity index (χ3v) is 7.03. The van der Waals surface area contributed by atoms with Crippen LogP contribution >= 0.6 is 0 Å². The number of benzene rings is 2. The summed E-state index contributed by atoms with van der Waals surface area (Å²) in [7, 11) is 0. The Balaban J connectivity index is 1.45. The quantitative estimate of drug-likeness (QED) is 0.178. The molecule has 4 aromatic rings. The SMILES string of the molecule is CCOc1ccc(Nc2c(C)c(NC3CCC(N)CC3)nc3c(NCc4cccc(OC(F)F)c4)cnn23)cc1. The highest BCUT2D eigenvalue weighted by molar-refractivity contribution is 5.76. The van der Waals surface area contributed by atoms with E-state index in [1.807, 2.05) is 44.2 Å². The second kappa shape index (κ2) is 12.4. The predicted molar refractivity (Wildman–Crippen MR) is 153 cm³/mol. The molecule has 1 aliphatic carbocycles. The third kappa shape index (κ3) is 6.53. The summed E-state index contributed by atoms with van der Waals surface area (Å²) in [5.74, 6) is 2.47. The molecule has 5 rings (SSSR count). The lowest BCUT2D eigenvalue weighted by atomic mass is 9.92. The molecule has 1 saturated carbocycles. The number of fused-ring (bicyclic) bond motifs is 1. The largest absolute Gasteiger partial charge is 0.494 e. The zero-order valence-electron chi connectivity index (χ0n) is 22.7. The van der Waals surface area contributed by atoms with E-state index in [4.69, 9.17) is 15.5 Å². The summed E-state index contributed by atoms with van der Waals surface area (Å²) in [4.78, 5) is 4.97. The second-order valence-electron chi connectivity index (χ2n) is 9.95. The van der Waals surface area contributed by atoms with Crippen molar-refractivity contribution in [1.82, 2.24) is 14.6 Å². The highest BCUT2D eigenvalue weighted by Crippen LogP contribution is 2.32. The van der Waals surface area contributed by atoms with Gasteiger partial charge < -0.3 is 31.2 Å². The monoisotopic (exact) mass is 551 g/mol. The average molecular weight is 552 g/mol. The van der Waals surface area contributed by atoms with Gasteiger partial charge in [-0.1, -0.05) is 12.1 Å². The summed E-state index contributed by atoms with van der Waals surface area (Å²) in [5.41, 5.74) is 10.1. The molecule has 9 nitrogen and oxygen atoms in total. The fourth-order valence-corrected chi connectivity index (χ4v) is 4.91. The Morgan fingerprint density at radius 2 is 1.85 bits per heavy atom. The van der Waals surface area contributed by atoms with Gasteiger partial charge in [0.15, 0.2) is 5.65 Å². The van der Waals surface area contributed by atoms with Crippen LogP contribution in [0.1, 0.15) is 43.7 Å². The first-order valence-electron chi connectivity index (χ1n) is 13.6. The van der Waals surface area contributed by atoms with Crippen molar-refractivity contribution >= 4 is 28.7 Å². The van der Waals surface area contributed by atoms with Gasteiger partial charge in [-0.25, -0.2) is 4.98 Å². The fourth-order valence-electron chi connectivity index (χ4n) is 4.91. The zero-order chi connectivity index (χ0) is 28.1. The molecule has 0 saturated heterocycles. The molecule has 0 unspecified atom stereocenters. The third-order valence-electron chi connectivity index (χ3n) is 7.03. The lowest BCUT2D eigenvalue weighted by Gasteiger charge is -2.28. The Hall–Kier alpha value is -4.12. The minimum Gasteiger partial charge on any atom is -0.494 e. The standard InChI is InChI=1S/C29H35F2N7O2/c1-3-39-23-13-11-22(12-14-23)36-27-18(2)26(35-21-9-7-20(32)8-10-21)37-28-25(17-34-38(27)28)33-16-19-5-4-6-24(15-19)40-29(30)31/h4-6,11-15,17,20-21,29,33,36H,3,7-10,16,32H2,1-2H3,(H,35,37). The van der Waals surface area contributed by atoms with Crippen LogP contribution in [0.25, 0.3) is 5.65 Å². The summed E-state index contributed by atoms with van der Waals surface area (Å²) < 4.78 is 37.2. The van der Waals surface area contributed by atoms with Crippen LogP contribution in [0, 0.1) is 6.92 Å². The van der Waals surface area contributed by atoms with E-state index >= 15 is 0 Å². The van der Waals surface area contributed by atoms with Crippen LogP contribution in [0.5, 0.6) is 11.5 Å². The Bertz CT molecular complexity index is 1420. The van der Waals surface area contributed by atoms with Gasteiger partial charge in [0.25, 0.3) is 0 Å². The van der Waals surface area contributed by atoms with Crippen molar-refractivity contribution in [3.05, 3.63) is 65.9 Å². The van der Waals surface area contributed by atoms with E-state index in [9.17, 15) is 8.78 Å². The number of hydrogen-bond donors (Lipinski definition) is 4. The van der Waals surface area contributed by atoms with Crippen molar-refractivity contribution in [3.8, 4) is 11.5 Å². The molecule has 11 heteroatoms. The van der Waals surface area contributed by atoms with Crippen LogP contribution in [0.4, 0.5) is 31.8 Å². The maximum absolute atomic E-state index is 12.7. The number of nitrogens with zero attached hydrogens (tertiary/aromatic N) is 3. The van der Waals surface area contributed by atoms with E-state index in [0.717, 1.165) is 59.9 Å². The van der Waals surface area contributed by atoms with Crippen LogP contribution in [-0.4, -0.2) is 39.9 Å². The van der Waals surface area contributed by atoms with Crippen LogP contribution in [0.2, 0.25) is 0 Å². The predicted octanol–water partition coefficient (Wildman–Crippen LogP) is 6.08. The summed E-state index contributed by atoms with van der Waals surface area (Å²) in [6.07, 6.45) is 5.63. The second-order valence-corrected chi connectivity index (χ2v) is 9.95. The van der Waals surface area contributed by atoms with Gasteiger partial charge in [0.05, 0.1) is 12.8 Å². The van der Waals surface area contributed by atoms with Gasteiger partial charge in [0, 0.05) is 29.9 Å². The molecular weight excluding hydrogens is 516 g/mol. The minimum atomic E-state index is -2.87. The van der Waals surface area contributed by atoms with Gasteiger partial charge in [0.2, 0.25) is 0 Å².